The third-order valence-corrected chi connectivity index (χ3v) is 3.68. The molecule has 0 saturated heterocycles. The van der Waals surface area contributed by atoms with E-state index >= 15 is 0 Å². The summed E-state index contributed by atoms with van der Waals surface area (Å²) in [6.45, 7) is 0.641. The summed E-state index contributed by atoms with van der Waals surface area (Å²) in [4.78, 5) is 0. The molecule has 0 spiro atoms. The zero-order valence-electron chi connectivity index (χ0n) is 10.2. The lowest BCUT2D eigenvalue weighted by Crippen LogP contribution is -1.99. The normalized spacial score (nSPS) is 10.3. The molecule has 0 atom stereocenters. The average molecular weight is 317 g/mol. The van der Waals surface area contributed by atoms with Gasteiger partial charge in [-0.3, -0.25) is 0 Å². The molecule has 0 bridgehead atoms. The van der Waals surface area contributed by atoms with Crippen molar-refractivity contribution in [1.82, 2.24) is 0 Å². The van der Waals surface area contributed by atoms with Gasteiger partial charge in [0.2, 0.25) is 0 Å². The van der Waals surface area contributed by atoms with E-state index in [0.29, 0.717) is 27.4 Å². The molecule has 0 unspecified atom stereocenters. The van der Waals surface area contributed by atoms with E-state index < -0.39 is 0 Å². The lowest BCUT2D eigenvalue weighted by atomic mass is 10.2. The number of halogens is 3. The van der Waals surface area contributed by atoms with Gasteiger partial charge in [0, 0.05) is 18.3 Å². The van der Waals surface area contributed by atoms with Crippen LogP contribution in [-0.4, -0.2) is 7.11 Å². The largest absolute Gasteiger partial charge is 0.495 e. The van der Waals surface area contributed by atoms with Gasteiger partial charge in [-0.15, -0.1) is 0 Å². The Kier molecular flexibility index (Phi) is 4.81. The summed E-state index contributed by atoms with van der Waals surface area (Å²) >= 11 is 17.8. The van der Waals surface area contributed by atoms with Crippen LogP contribution < -0.4 is 10.1 Å². The van der Waals surface area contributed by atoms with E-state index in [1.807, 2.05) is 24.3 Å². The average Bonchev–Trinajstić information content (AvgIpc) is 2.41. The second-order valence-electron chi connectivity index (χ2n) is 3.95. The number of benzene rings is 2. The molecule has 2 nitrogen and oxygen atoms in total. The van der Waals surface area contributed by atoms with Crippen LogP contribution in [0, 0.1) is 0 Å². The van der Waals surface area contributed by atoms with Crippen molar-refractivity contribution < 1.29 is 4.74 Å². The van der Waals surface area contributed by atoms with Crippen LogP contribution in [0.1, 0.15) is 5.56 Å². The van der Waals surface area contributed by atoms with Crippen LogP contribution in [0.5, 0.6) is 5.75 Å². The summed E-state index contributed by atoms with van der Waals surface area (Å²) in [7, 11) is 1.59. The Morgan fingerprint density at radius 1 is 0.947 bits per heavy atom. The Balaban J connectivity index is 2.07. The highest BCUT2D eigenvalue weighted by Gasteiger charge is 2.03. The molecule has 0 aromatic heterocycles. The lowest BCUT2D eigenvalue weighted by Gasteiger charge is -2.10. The van der Waals surface area contributed by atoms with Crippen LogP contribution in [0.4, 0.5) is 5.69 Å². The highest BCUT2D eigenvalue weighted by molar-refractivity contribution is 6.42. The summed E-state index contributed by atoms with van der Waals surface area (Å²) in [5, 5.41) is 4.96. The van der Waals surface area contributed by atoms with Crippen molar-refractivity contribution in [3.8, 4) is 5.75 Å². The van der Waals surface area contributed by atoms with Crippen molar-refractivity contribution in [2.45, 2.75) is 6.54 Å². The Bertz CT molecular complexity index is 587. The first-order valence-electron chi connectivity index (χ1n) is 5.61. The Hall–Kier alpha value is -1.09. The zero-order chi connectivity index (χ0) is 13.8. The zero-order valence-corrected chi connectivity index (χ0v) is 12.5. The van der Waals surface area contributed by atoms with E-state index in [0.717, 1.165) is 11.3 Å². The van der Waals surface area contributed by atoms with E-state index in [1.165, 1.54) is 0 Å². The maximum absolute atomic E-state index is 5.97. The number of nitrogens with one attached hydrogen (secondary N) is 1. The highest BCUT2D eigenvalue weighted by Crippen LogP contribution is 2.28. The predicted molar refractivity (Wildman–Crippen MR) is 81.8 cm³/mol. The van der Waals surface area contributed by atoms with Crippen molar-refractivity contribution >= 4 is 40.5 Å². The van der Waals surface area contributed by atoms with Crippen LogP contribution in [0.25, 0.3) is 0 Å². The molecule has 0 aliphatic heterocycles. The van der Waals surface area contributed by atoms with Gasteiger partial charge in [-0.2, -0.15) is 0 Å². The molecule has 5 heteroatoms. The molecule has 2 rings (SSSR count). The molecule has 100 valence electrons. The molecule has 19 heavy (non-hydrogen) atoms. The molecular weight excluding hydrogens is 305 g/mol. The minimum atomic E-state index is 0.551. The lowest BCUT2D eigenvalue weighted by molar-refractivity contribution is 0.415. The topological polar surface area (TPSA) is 21.3 Å². The van der Waals surface area contributed by atoms with E-state index in [2.05, 4.69) is 5.32 Å². The van der Waals surface area contributed by atoms with Crippen molar-refractivity contribution in [2.24, 2.45) is 0 Å². The first kappa shape index (κ1) is 14.3. The molecule has 0 heterocycles. The molecule has 0 aliphatic carbocycles. The van der Waals surface area contributed by atoms with Gasteiger partial charge >= 0.3 is 0 Å². The smallest absolute Gasteiger partial charge is 0.139 e. The SMILES string of the molecule is COc1cc(NCc2ccc(Cl)c(Cl)c2)ccc1Cl. The monoisotopic (exact) mass is 315 g/mol. The van der Waals surface area contributed by atoms with Crippen molar-refractivity contribution in [1.29, 1.82) is 0 Å². The van der Waals surface area contributed by atoms with Crippen molar-refractivity contribution in [2.75, 3.05) is 12.4 Å². The number of rotatable bonds is 4. The fourth-order valence-electron chi connectivity index (χ4n) is 1.62. The van der Waals surface area contributed by atoms with Gasteiger partial charge in [-0.25, -0.2) is 0 Å². The van der Waals surface area contributed by atoms with Gasteiger partial charge in [0.05, 0.1) is 22.2 Å². The molecule has 1 N–H and O–H groups in total. The molecular formula is C14H12Cl3NO. The van der Waals surface area contributed by atoms with E-state index in [1.54, 1.807) is 19.2 Å². The minimum absolute atomic E-state index is 0.551. The fourth-order valence-corrected chi connectivity index (χ4v) is 2.14. The number of methoxy groups -OCH3 is 1. The maximum Gasteiger partial charge on any atom is 0.139 e. The third kappa shape index (κ3) is 3.69. The van der Waals surface area contributed by atoms with Gasteiger partial charge in [0.25, 0.3) is 0 Å². The molecule has 2 aromatic carbocycles. The van der Waals surface area contributed by atoms with Crippen molar-refractivity contribution in [3.63, 3.8) is 0 Å². The number of ether oxygens (including phenoxy) is 1. The third-order valence-electron chi connectivity index (χ3n) is 2.63. The van der Waals surface area contributed by atoms with E-state index in [-0.39, 0.29) is 0 Å². The van der Waals surface area contributed by atoms with Crippen LogP contribution in [0.3, 0.4) is 0 Å². The molecule has 0 radical (unpaired) electrons. The van der Waals surface area contributed by atoms with Gasteiger partial charge in [-0.1, -0.05) is 40.9 Å². The Morgan fingerprint density at radius 3 is 2.37 bits per heavy atom. The predicted octanol–water partition coefficient (Wildman–Crippen LogP) is 5.27. The second-order valence-corrected chi connectivity index (χ2v) is 5.17. The first-order chi connectivity index (χ1) is 9.10. The minimum Gasteiger partial charge on any atom is -0.495 e. The molecule has 0 aliphatic rings. The van der Waals surface area contributed by atoms with Gasteiger partial charge in [0.1, 0.15) is 5.75 Å². The molecule has 0 amide bonds. The molecule has 2 aromatic rings. The number of hydrogen-bond donors (Lipinski definition) is 1. The summed E-state index contributed by atoms with van der Waals surface area (Å²) in [5.41, 5.74) is 1.97. The standard InChI is InChI=1S/C14H12Cl3NO/c1-19-14-7-10(3-5-12(14)16)18-8-9-2-4-11(15)13(17)6-9/h2-7,18H,8H2,1H3. The number of anilines is 1. The molecule has 0 saturated carbocycles. The number of hydrogen-bond acceptors (Lipinski definition) is 2. The summed E-state index contributed by atoms with van der Waals surface area (Å²) in [5.74, 6) is 0.640. The summed E-state index contributed by atoms with van der Waals surface area (Å²) in [6.07, 6.45) is 0. The van der Waals surface area contributed by atoms with Crippen LogP contribution in [0.2, 0.25) is 15.1 Å². The second kappa shape index (κ2) is 6.38. The van der Waals surface area contributed by atoms with Crippen molar-refractivity contribution in [3.05, 3.63) is 57.0 Å². The van der Waals surface area contributed by atoms with Crippen LogP contribution in [-0.2, 0) is 6.54 Å². The van der Waals surface area contributed by atoms with Crippen LogP contribution in [0.15, 0.2) is 36.4 Å². The first-order valence-corrected chi connectivity index (χ1v) is 6.75. The Labute approximate surface area is 127 Å². The summed E-state index contributed by atoms with van der Waals surface area (Å²) in [6, 6.07) is 11.1. The summed E-state index contributed by atoms with van der Waals surface area (Å²) < 4.78 is 5.16. The molecule has 0 fully saturated rings. The van der Waals surface area contributed by atoms with Gasteiger partial charge < -0.3 is 10.1 Å². The van der Waals surface area contributed by atoms with Gasteiger partial charge in [0.15, 0.2) is 0 Å². The highest BCUT2D eigenvalue weighted by atomic mass is 35.5. The van der Waals surface area contributed by atoms with E-state index in [4.69, 9.17) is 39.5 Å². The maximum atomic E-state index is 5.97. The van der Waals surface area contributed by atoms with E-state index in [9.17, 15) is 0 Å². The quantitative estimate of drug-likeness (QED) is 0.830. The van der Waals surface area contributed by atoms with Crippen LogP contribution >= 0.6 is 34.8 Å². The Morgan fingerprint density at radius 2 is 1.68 bits per heavy atom. The fraction of sp³-hybridized carbons (Fsp3) is 0.143. The van der Waals surface area contributed by atoms with Gasteiger partial charge in [-0.05, 0) is 29.8 Å².